The van der Waals surface area contributed by atoms with Crippen molar-refractivity contribution in [3.63, 3.8) is 0 Å². The average Bonchev–Trinajstić information content (AvgIpc) is 3.43. The number of aryl methyl sites for hydroxylation is 1. The van der Waals surface area contributed by atoms with Gasteiger partial charge in [0, 0.05) is 11.6 Å². The fourth-order valence-corrected chi connectivity index (χ4v) is 5.42. The Bertz CT molecular complexity index is 1370. The lowest BCUT2D eigenvalue weighted by atomic mass is 10.1. The Morgan fingerprint density at radius 2 is 1.87 bits per heavy atom. The zero-order chi connectivity index (χ0) is 28.5. The van der Waals surface area contributed by atoms with Crippen LogP contribution in [0.5, 0.6) is 5.75 Å². The summed E-state index contributed by atoms with van der Waals surface area (Å²) >= 11 is 8.22. The van der Waals surface area contributed by atoms with Crippen LogP contribution in [0.25, 0.3) is 0 Å². The molecule has 0 saturated carbocycles. The molecule has 3 aromatic rings. The highest BCUT2D eigenvalue weighted by atomic mass is 35.5. The number of hydrogen-bond acceptors (Lipinski definition) is 10. The Balaban J connectivity index is 1.72. The lowest BCUT2D eigenvalue weighted by molar-refractivity contribution is -0.113. The van der Waals surface area contributed by atoms with Gasteiger partial charge in [0.05, 0.1) is 24.5 Å². The molecule has 1 aromatic carbocycles. The van der Waals surface area contributed by atoms with E-state index in [1.165, 1.54) is 0 Å². The lowest BCUT2D eigenvalue weighted by Gasteiger charge is -2.10. The summed E-state index contributed by atoms with van der Waals surface area (Å²) in [6.07, 6.45) is 1.69. The number of ether oxygens (including phenoxy) is 3. The molecule has 1 N–H and O–H groups in total. The SMILES string of the molecule is C=CCn1c(COc2ccc(Cl)c(C)c2)nnc1SCC(=O)Nc1sc(C(=O)OCC)c(C)c1C(=O)OCC. The second kappa shape index (κ2) is 14.2. The molecule has 13 heteroatoms. The second-order valence-electron chi connectivity index (χ2n) is 8.04. The van der Waals surface area contributed by atoms with Crippen molar-refractivity contribution in [2.75, 3.05) is 24.3 Å². The summed E-state index contributed by atoms with van der Waals surface area (Å²) in [7, 11) is 0. The number of allylic oxidation sites excluding steroid dienone is 1. The molecule has 2 heterocycles. The van der Waals surface area contributed by atoms with Crippen LogP contribution in [0.4, 0.5) is 5.00 Å². The number of hydrogen-bond donors (Lipinski definition) is 1. The van der Waals surface area contributed by atoms with Gasteiger partial charge in [0.25, 0.3) is 0 Å². The normalized spacial score (nSPS) is 10.7. The van der Waals surface area contributed by atoms with Crippen molar-refractivity contribution in [1.29, 1.82) is 0 Å². The van der Waals surface area contributed by atoms with E-state index in [0.29, 0.717) is 33.9 Å². The highest BCUT2D eigenvalue weighted by Crippen LogP contribution is 2.34. The standard InChI is InChI=1S/C26H29ClN4O6S2/c1-6-11-31-19(13-37-17-9-10-18(27)15(4)12-17)29-30-26(31)38-14-20(32)28-23-21(24(33)35-7-2)16(5)22(39-23)25(34)36-8-3/h6,9-10,12H,1,7-8,11,13-14H2,2-5H3,(H,28,32). The third kappa shape index (κ3) is 7.61. The van der Waals surface area contributed by atoms with Crippen LogP contribution >= 0.6 is 34.7 Å². The topological polar surface area (TPSA) is 122 Å². The van der Waals surface area contributed by atoms with Crippen molar-refractivity contribution in [2.45, 2.75) is 46.0 Å². The van der Waals surface area contributed by atoms with Crippen LogP contribution < -0.4 is 10.1 Å². The van der Waals surface area contributed by atoms with Gasteiger partial charge in [-0.25, -0.2) is 9.59 Å². The number of anilines is 1. The van der Waals surface area contributed by atoms with Crippen LogP contribution in [-0.4, -0.2) is 51.6 Å². The zero-order valence-electron chi connectivity index (χ0n) is 22.0. The molecule has 0 bridgehead atoms. The number of nitrogens with zero attached hydrogens (tertiary/aromatic N) is 3. The molecule has 0 radical (unpaired) electrons. The minimum absolute atomic E-state index is 0.0273. The van der Waals surface area contributed by atoms with E-state index >= 15 is 0 Å². The first-order valence-electron chi connectivity index (χ1n) is 12.0. The molecule has 0 aliphatic rings. The minimum Gasteiger partial charge on any atom is -0.486 e. The molecule has 0 fully saturated rings. The summed E-state index contributed by atoms with van der Waals surface area (Å²) in [5, 5.41) is 12.5. The van der Waals surface area contributed by atoms with E-state index in [9.17, 15) is 14.4 Å². The number of thiophene rings is 1. The molecule has 2 aromatic heterocycles. The van der Waals surface area contributed by atoms with Crippen LogP contribution in [0.3, 0.4) is 0 Å². The van der Waals surface area contributed by atoms with Crippen LogP contribution in [0.15, 0.2) is 36.0 Å². The summed E-state index contributed by atoms with van der Waals surface area (Å²) in [6, 6.07) is 5.37. The molecule has 208 valence electrons. The predicted octanol–water partition coefficient (Wildman–Crippen LogP) is 5.46. The second-order valence-corrected chi connectivity index (χ2v) is 10.4. The molecule has 39 heavy (non-hydrogen) atoms. The number of halogens is 1. The fraction of sp³-hybridized carbons (Fsp3) is 0.346. The molecule has 3 rings (SSSR count). The van der Waals surface area contributed by atoms with Gasteiger partial charge in [0.2, 0.25) is 5.91 Å². The number of thioether (sulfide) groups is 1. The summed E-state index contributed by atoms with van der Waals surface area (Å²) in [5.41, 5.74) is 1.42. The first-order chi connectivity index (χ1) is 18.7. The van der Waals surface area contributed by atoms with E-state index in [-0.39, 0.29) is 41.0 Å². The maximum Gasteiger partial charge on any atom is 0.348 e. The Morgan fingerprint density at radius 3 is 2.54 bits per heavy atom. The number of amides is 1. The predicted molar refractivity (Wildman–Crippen MR) is 151 cm³/mol. The molecular weight excluding hydrogens is 564 g/mol. The highest BCUT2D eigenvalue weighted by Gasteiger charge is 2.27. The Morgan fingerprint density at radius 1 is 1.15 bits per heavy atom. The van der Waals surface area contributed by atoms with Crippen molar-refractivity contribution in [2.24, 2.45) is 0 Å². The van der Waals surface area contributed by atoms with Crippen molar-refractivity contribution in [1.82, 2.24) is 14.8 Å². The van der Waals surface area contributed by atoms with Gasteiger partial charge in [-0.2, -0.15) is 0 Å². The lowest BCUT2D eigenvalue weighted by Crippen LogP contribution is -2.17. The molecule has 0 aliphatic heterocycles. The summed E-state index contributed by atoms with van der Waals surface area (Å²) in [6.45, 7) is 11.6. The van der Waals surface area contributed by atoms with E-state index < -0.39 is 17.8 Å². The van der Waals surface area contributed by atoms with Crippen molar-refractivity contribution in [3.8, 4) is 5.75 Å². The third-order valence-electron chi connectivity index (χ3n) is 5.27. The van der Waals surface area contributed by atoms with Gasteiger partial charge in [-0.05, 0) is 57.0 Å². The first-order valence-corrected chi connectivity index (χ1v) is 14.2. The van der Waals surface area contributed by atoms with Gasteiger partial charge >= 0.3 is 11.9 Å². The molecule has 0 spiro atoms. The number of benzene rings is 1. The first kappa shape index (κ1) is 30.2. The fourth-order valence-electron chi connectivity index (χ4n) is 3.43. The molecule has 1 amide bonds. The van der Waals surface area contributed by atoms with Gasteiger partial charge in [0.15, 0.2) is 11.0 Å². The van der Waals surface area contributed by atoms with Crippen molar-refractivity contribution in [3.05, 3.63) is 63.3 Å². The maximum absolute atomic E-state index is 12.9. The zero-order valence-corrected chi connectivity index (χ0v) is 24.4. The number of rotatable bonds is 13. The van der Waals surface area contributed by atoms with Crippen LogP contribution in [0.2, 0.25) is 5.02 Å². The van der Waals surface area contributed by atoms with E-state index in [0.717, 1.165) is 28.7 Å². The van der Waals surface area contributed by atoms with Gasteiger partial charge in [-0.1, -0.05) is 29.4 Å². The largest absolute Gasteiger partial charge is 0.486 e. The number of esters is 2. The quantitative estimate of drug-likeness (QED) is 0.157. The monoisotopic (exact) mass is 592 g/mol. The average molecular weight is 593 g/mol. The summed E-state index contributed by atoms with van der Waals surface area (Å²) in [4.78, 5) is 38.1. The number of nitrogens with one attached hydrogen (secondary N) is 1. The molecule has 0 saturated heterocycles. The minimum atomic E-state index is -0.629. The number of aromatic nitrogens is 3. The Hall–Kier alpha value is -3.35. The summed E-state index contributed by atoms with van der Waals surface area (Å²) < 4.78 is 17.9. The van der Waals surface area contributed by atoms with Crippen LogP contribution in [0, 0.1) is 13.8 Å². The third-order valence-corrected chi connectivity index (χ3v) is 7.85. The molecule has 10 nitrogen and oxygen atoms in total. The van der Waals surface area contributed by atoms with E-state index in [1.54, 1.807) is 43.5 Å². The molecule has 0 unspecified atom stereocenters. The summed E-state index contributed by atoms with van der Waals surface area (Å²) in [5.74, 6) is -0.421. The maximum atomic E-state index is 12.9. The molecular formula is C26H29ClN4O6S2. The Labute approximate surface area is 239 Å². The molecule has 0 aliphatic carbocycles. The Kier molecular flexibility index (Phi) is 11.0. The highest BCUT2D eigenvalue weighted by molar-refractivity contribution is 7.99. The van der Waals surface area contributed by atoms with E-state index in [1.807, 2.05) is 13.0 Å². The van der Waals surface area contributed by atoms with Gasteiger partial charge in [-0.3, -0.25) is 9.36 Å². The van der Waals surface area contributed by atoms with Crippen molar-refractivity contribution < 1.29 is 28.6 Å². The van der Waals surface area contributed by atoms with E-state index in [4.69, 9.17) is 25.8 Å². The smallest absolute Gasteiger partial charge is 0.348 e. The molecule has 0 atom stereocenters. The number of carbonyl (C=O) groups excluding carboxylic acids is 3. The van der Waals surface area contributed by atoms with Gasteiger partial charge in [0.1, 0.15) is 22.2 Å². The number of carbonyl (C=O) groups is 3. The van der Waals surface area contributed by atoms with Crippen LogP contribution in [0.1, 0.15) is 50.8 Å². The van der Waals surface area contributed by atoms with Gasteiger partial charge < -0.3 is 19.5 Å². The van der Waals surface area contributed by atoms with Gasteiger partial charge in [-0.15, -0.1) is 28.1 Å². The van der Waals surface area contributed by atoms with E-state index in [2.05, 4.69) is 22.1 Å². The van der Waals surface area contributed by atoms with Crippen molar-refractivity contribution >= 4 is 57.5 Å². The van der Waals surface area contributed by atoms with Crippen LogP contribution in [-0.2, 0) is 27.4 Å².